The van der Waals surface area contributed by atoms with E-state index in [0.717, 1.165) is 6.07 Å². The number of hydrogen-bond acceptors (Lipinski definition) is 5. The minimum Gasteiger partial charge on any atom is -0.367 e. The largest absolute Gasteiger partial charge is 0.414 e. The van der Waals surface area contributed by atoms with Gasteiger partial charge in [0.1, 0.15) is 17.6 Å². The van der Waals surface area contributed by atoms with Crippen molar-refractivity contribution in [1.82, 2.24) is 4.90 Å². The topological polar surface area (TPSA) is 108 Å². The molecule has 1 fully saturated rings. The number of rotatable bonds is 5. The van der Waals surface area contributed by atoms with E-state index in [-0.39, 0.29) is 35.0 Å². The third-order valence-electron chi connectivity index (χ3n) is 7.16. The van der Waals surface area contributed by atoms with Crippen molar-refractivity contribution in [2.75, 3.05) is 30.4 Å². The molecular formula is C27H26F5N5O3. The molecule has 2 heterocycles. The van der Waals surface area contributed by atoms with Crippen molar-refractivity contribution in [1.29, 1.82) is 0 Å². The summed E-state index contributed by atoms with van der Waals surface area (Å²) in [5.41, 5.74) is 3.66. The summed E-state index contributed by atoms with van der Waals surface area (Å²) in [7, 11) is 1.96. The lowest BCUT2D eigenvalue weighted by Crippen LogP contribution is -2.55. The Bertz CT molecular complexity index is 1430. The minimum atomic E-state index is -4.97. The second kappa shape index (κ2) is 10.8. The number of nitrogens with zero attached hydrogens (tertiary/aromatic N) is 3. The minimum absolute atomic E-state index is 0.0441. The van der Waals surface area contributed by atoms with Crippen LogP contribution < -0.4 is 16.0 Å². The van der Waals surface area contributed by atoms with E-state index in [1.807, 2.05) is 25.8 Å². The summed E-state index contributed by atoms with van der Waals surface area (Å²) in [4.78, 5) is 43.8. The molecule has 4 rings (SSSR count). The maximum Gasteiger partial charge on any atom is 0.414 e. The Balaban J connectivity index is 1.80. The summed E-state index contributed by atoms with van der Waals surface area (Å²) in [6.07, 6.45) is -4.08. The summed E-state index contributed by atoms with van der Waals surface area (Å²) in [6.45, 7) is 4.99. The second-order valence-corrected chi connectivity index (χ2v) is 9.86. The first-order valence-corrected chi connectivity index (χ1v) is 12.2. The van der Waals surface area contributed by atoms with Gasteiger partial charge in [0.25, 0.3) is 11.8 Å². The molecule has 2 aromatic rings. The maximum absolute atomic E-state index is 14.8. The van der Waals surface area contributed by atoms with Gasteiger partial charge in [-0.1, -0.05) is 6.07 Å². The van der Waals surface area contributed by atoms with E-state index in [2.05, 4.69) is 15.2 Å². The number of carbonyl (C=O) groups excluding carboxylic acids is 3. The van der Waals surface area contributed by atoms with Crippen LogP contribution in [-0.4, -0.2) is 67.2 Å². The summed E-state index contributed by atoms with van der Waals surface area (Å²) < 4.78 is 69.8. The molecule has 0 aromatic heterocycles. The zero-order valence-corrected chi connectivity index (χ0v) is 21.7. The number of piperazine rings is 1. The molecule has 2 aromatic carbocycles. The van der Waals surface area contributed by atoms with Gasteiger partial charge in [0.05, 0.1) is 22.5 Å². The van der Waals surface area contributed by atoms with Gasteiger partial charge in [0.2, 0.25) is 5.91 Å². The van der Waals surface area contributed by atoms with Crippen molar-refractivity contribution in [2.45, 2.75) is 32.1 Å². The van der Waals surface area contributed by atoms with Crippen LogP contribution in [0.1, 0.15) is 24.2 Å². The van der Waals surface area contributed by atoms with Crippen LogP contribution in [0.25, 0.3) is 11.1 Å². The molecule has 13 heteroatoms. The Morgan fingerprint density at radius 1 is 1.05 bits per heavy atom. The first-order valence-electron chi connectivity index (χ1n) is 12.2. The van der Waals surface area contributed by atoms with Crippen LogP contribution >= 0.6 is 0 Å². The lowest BCUT2D eigenvalue weighted by molar-refractivity contribution is -0.124. The number of likely N-dealkylation sites (N-methyl/N-ethyl adjacent to an activating group) is 1. The number of nitrogens with one attached hydrogen (secondary N) is 1. The fourth-order valence-corrected chi connectivity index (χ4v) is 4.81. The summed E-state index contributed by atoms with van der Waals surface area (Å²) in [6, 6.07) is 5.96. The van der Waals surface area contributed by atoms with Crippen molar-refractivity contribution in [3.8, 4) is 11.1 Å². The zero-order chi connectivity index (χ0) is 29.5. The van der Waals surface area contributed by atoms with E-state index < -0.39 is 52.6 Å². The number of amides is 3. The molecular weight excluding hydrogens is 537 g/mol. The van der Waals surface area contributed by atoms with Crippen molar-refractivity contribution in [3.05, 3.63) is 59.2 Å². The number of benzene rings is 2. The van der Waals surface area contributed by atoms with Gasteiger partial charge in [-0.2, -0.15) is 13.2 Å². The van der Waals surface area contributed by atoms with Gasteiger partial charge in [0.15, 0.2) is 0 Å². The predicted octanol–water partition coefficient (Wildman–Crippen LogP) is 3.91. The van der Waals surface area contributed by atoms with Gasteiger partial charge >= 0.3 is 6.18 Å². The van der Waals surface area contributed by atoms with Crippen LogP contribution in [0.5, 0.6) is 0 Å². The van der Waals surface area contributed by atoms with Crippen LogP contribution in [-0.2, 0) is 9.59 Å². The number of nitrogens with two attached hydrogens (primary N) is 1. The average Bonchev–Trinajstić information content (AvgIpc) is 2.86. The Labute approximate surface area is 226 Å². The van der Waals surface area contributed by atoms with Gasteiger partial charge in [-0.25, -0.2) is 13.8 Å². The van der Waals surface area contributed by atoms with E-state index >= 15 is 0 Å². The molecule has 1 saturated heterocycles. The Hall–Kier alpha value is -4.13. The van der Waals surface area contributed by atoms with Gasteiger partial charge in [-0.3, -0.25) is 19.3 Å². The zero-order valence-electron chi connectivity index (χ0n) is 21.7. The van der Waals surface area contributed by atoms with Gasteiger partial charge in [0, 0.05) is 49.1 Å². The molecule has 40 heavy (non-hydrogen) atoms. The monoisotopic (exact) mass is 563 g/mol. The number of alkyl halides is 3. The lowest BCUT2D eigenvalue weighted by Gasteiger charge is -2.44. The average molecular weight is 564 g/mol. The van der Waals surface area contributed by atoms with Crippen LogP contribution in [0.4, 0.5) is 33.3 Å². The number of anilines is 2. The van der Waals surface area contributed by atoms with E-state index in [4.69, 9.17) is 5.73 Å². The summed E-state index contributed by atoms with van der Waals surface area (Å²) in [5, 5.41) is 2.49. The van der Waals surface area contributed by atoms with E-state index in [1.165, 1.54) is 12.1 Å². The number of hydrogen-bond donors (Lipinski definition) is 2. The van der Waals surface area contributed by atoms with Crippen molar-refractivity contribution >= 4 is 35.3 Å². The first-order chi connectivity index (χ1) is 18.7. The fourth-order valence-electron chi connectivity index (χ4n) is 4.81. The molecule has 8 nitrogen and oxygen atoms in total. The molecule has 2 aliphatic rings. The van der Waals surface area contributed by atoms with E-state index in [0.29, 0.717) is 31.1 Å². The van der Waals surface area contributed by atoms with Gasteiger partial charge in [-0.15, -0.1) is 0 Å². The molecule has 2 aliphatic heterocycles. The van der Waals surface area contributed by atoms with E-state index in [9.17, 15) is 36.3 Å². The number of dihydropyridines is 1. The normalized spacial score (nSPS) is 21.8. The standard InChI is InChI=1S/C27H26F5N5O3/c1-13-11-37(12-14(2)36(13)3)23-5-4-15(16-7-17(25(33)39)21(29)9-20(16)28)6-22(23)35-26(40)18-10-34-24(38)8-19(18)27(30,31)32/h4-10,13-14,18H,11-12H2,1-3H3,(H2,33,39)(H,35,40)/t13-,14+,18?. The molecule has 0 radical (unpaired) electrons. The second-order valence-electron chi connectivity index (χ2n) is 9.86. The van der Waals surface area contributed by atoms with Crippen molar-refractivity contribution < 1.29 is 36.3 Å². The molecule has 1 unspecified atom stereocenters. The molecule has 3 N–H and O–H groups in total. The third-order valence-corrected chi connectivity index (χ3v) is 7.16. The predicted molar refractivity (Wildman–Crippen MR) is 139 cm³/mol. The van der Waals surface area contributed by atoms with Crippen LogP contribution in [0, 0.1) is 17.6 Å². The highest BCUT2D eigenvalue weighted by Gasteiger charge is 2.43. The van der Waals surface area contributed by atoms with Gasteiger partial charge in [-0.05, 0) is 44.7 Å². The highest BCUT2D eigenvalue weighted by Crippen LogP contribution is 2.37. The maximum atomic E-state index is 14.8. The van der Waals surface area contributed by atoms with Crippen molar-refractivity contribution in [3.63, 3.8) is 0 Å². The van der Waals surface area contributed by atoms with E-state index in [1.54, 1.807) is 6.07 Å². The van der Waals surface area contributed by atoms with Crippen LogP contribution in [0.2, 0.25) is 0 Å². The molecule has 0 bridgehead atoms. The van der Waals surface area contributed by atoms with Crippen LogP contribution in [0.15, 0.2) is 47.0 Å². The van der Waals surface area contributed by atoms with Gasteiger partial charge < -0.3 is 16.0 Å². The Kier molecular flexibility index (Phi) is 7.79. The Morgan fingerprint density at radius 2 is 1.70 bits per heavy atom. The number of aliphatic imine (C=N–C) groups is 1. The SMILES string of the molecule is C[C@@H]1CN(c2ccc(-c3cc(C(N)=O)c(F)cc3F)cc2NC(=O)C2C=NC(=O)C=C2C(F)(F)F)C[C@H](C)N1C. The summed E-state index contributed by atoms with van der Waals surface area (Å²) in [5.74, 6) is -7.47. The molecule has 212 valence electrons. The first kappa shape index (κ1) is 28.9. The fraction of sp³-hybridized carbons (Fsp3) is 0.333. The quantitative estimate of drug-likeness (QED) is 0.537. The molecule has 0 aliphatic carbocycles. The highest BCUT2D eigenvalue weighted by molar-refractivity contribution is 6.11. The molecule has 0 spiro atoms. The van der Waals surface area contributed by atoms with Crippen molar-refractivity contribution in [2.24, 2.45) is 16.6 Å². The number of carbonyl (C=O) groups is 3. The lowest BCUT2D eigenvalue weighted by atomic mass is 9.95. The third kappa shape index (κ3) is 5.74. The summed E-state index contributed by atoms with van der Waals surface area (Å²) >= 11 is 0. The number of halogens is 5. The van der Waals surface area contributed by atoms with Crippen LogP contribution in [0.3, 0.4) is 0 Å². The molecule has 3 atom stereocenters. The smallest absolute Gasteiger partial charge is 0.367 e. The number of primary amides is 1. The molecule has 3 amide bonds. The highest BCUT2D eigenvalue weighted by atomic mass is 19.4. The Morgan fingerprint density at radius 3 is 2.30 bits per heavy atom. The molecule has 0 saturated carbocycles.